The van der Waals surface area contributed by atoms with Crippen LogP contribution in [0.2, 0.25) is 0 Å². The van der Waals surface area contributed by atoms with Gasteiger partial charge in [0.05, 0.1) is 22.3 Å². The molecular weight excluding hydrogens is 471 g/mol. The second kappa shape index (κ2) is 11.8. The highest BCUT2D eigenvalue weighted by molar-refractivity contribution is 5.77. The van der Waals surface area contributed by atoms with Gasteiger partial charge in [0, 0.05) is 0 Å². The van der Waals surface area contributed by atoms with Gasteiger partial charge >= 0.3 is 17.9 Å². The highest BCUT2D eigenvalue weighted by Crippen LogP contribution is 2.35. The predicted molar refractivity (Wildman–Crippen MR) is 131 cm³/mol. The van der Waals surface area contributed by atoms with Crippen LogP contribution in [0, 0.1) is 16.2 Å². The summed E-state index contributed by atoms with van der Waals surface area (Å²) in [5.74, 6) is -1.78. The molecule has 36 heavy (non-hydrogen) atoms. The largest absolute Gasteiger partial charge is 0.462 e. The Labute approximate surface area is 214 Å². The molecule has 1 aliphatic heterocycles. The molecule has 9 heteroatoms. The van der Waals surface area contributed by atoms with Crippen LogP contribution in [0.3, 0.4) is 0 Å². The minimum Gasteiger partial charge on any atom is -0.462 e. The predicted octanol–water partition coefficient (Wildman–Crippen LogP) is 4.90. The van der Waals surface area contributed by atoms with Crippen molar-refractivity contribution in [3.63, 3.8) is 0 Å². The Kier molecular flexibility index (Phi) is 9.96. The molecule has 0 aromatic heterocycles. The van der Waals surface area contributed by atoms with Gasteiger partial charge in [-0.05, 0) is 75.2 Å². The smallest absolute Gasteiger partial charge is 0.311 e. The van der Waals surface area contributed by atoms with Gasteiger partial charge in [-0.3, -0.25) is 14.4 Å². The van der Waals surface area contributed by atoms with Gasteiger partial charge in [-0.1, -0.05) is 19.3 Å². The molecule has 0 radical (unpaired) electrons. The van der Waals surface area contributed by atoms with E-state index in [1.807, 2.05) is 0 Å². The number of alkyl halides is 1. The number of hydrogen-bond acceptors (Lipinski definition) is 8. The Bertz CT molecular complexity index is 770. The zero-order valence-electron chi connectivity index (χ0n) is 23.4. The number of carbonyl (C=O) groups excluding carboxylic acids is 3. The van der Waals surface area contributed by atoms with Crippen molar-refractivity contribution in [3.8, 4) is 0 Å². The molecule has 1 saturated heterocycles. The number of ether oxygens (including phenoxy) is 5. The van der Waals surface area contributed by atoms with E-state index in [1.54, 1.807) is 62.3 Å². The maximum absolute atomic E-state index is 15.9. The molecule has 2 aliphatic rings. The third-order valence-electron chi connectivity index (χ3n) is 6.15. The third-order valence-corrected chi connectivity index (χ3v) is 6.15. The fourth-order valence-electron chi connectivity index (χ4n) is 3.75. The fraction of sp³-hybridized carbons (Fsp3) is 0.889. The van der Waals surface area contributed by atoms with Crippen molar-refractivity contribution in [2.45, 2.75) is 131 Å². The second-order valence-electron chi connectivity index (χ2n) is 13.0. The molecule has 5 atom stereocenters. The Hall–Kier alpha value is -1.74. The van der Waals surface area contributed by atoms with Crippen molar-refractivity contribution < 1.29 is 42.5 Å². The lowest BCUT2D eigenvalue weighted by Gasteiger charge is -2.44. The van der Waals surface area contributed by atoms with Crippen LogP contribution < -0.4 is 0 Å². The van der Waals surface area contributed by atoms with E-state index < -0.39 is 64.9 Å². The minimum atomic E-state index is -1.91. The normalized spacial score (nSPS) is 28.3. The Morgan fingerprint density at radius 3 is 1.69 bits per heavy atom. The van der Waals surface area contributed by atoms with E-state index in [0.717, 1.165) is 32.1 Å². The zero-order chi connectivity index (χ0) is 27.5. The van der Waals surface area contributed by atoms with E-state index in [-0.39, 0.29) is 12.7 Å². The summed E-state index contributed by atoms with van der Waals surface area (Å²) in [4.78, 5) is 38.1. The average molecular weight is 517 g/mol. The van der Waals surface area contributed by atoms with Gasteiger partial charge in [0.1, 0.15) is 12.7 Å². The summed E-state index contributed by atoms with van der Waals surface area (Å²) in [5, 5.41) is 0. The van der Waals surface area contributed by atoms with E-state index in [2.05, 4.69) is 0 Å². The van der Waals surface area contributed by atoms with Crippen LogP contribution >= 0.6 is 0 Å². The van der Waals surface area contributed by atoms with Crippen molar-refractivity contribution in [1.82, 2.24) is 0 Å². The first-order valence-corrected chi connectivity index (χ1v) is 13.0. The maximum Gasteiger partial charge on any atom is 0.311 e. The van der Waals surface area contributed by atoms with E-state index in [4.69, 9.17) is 23.7 Å². The van der Waals surface area contributed by atoms with E-state index in [1.165, 1.54) is 0 Å². The zero-order valence-corrected chi connectivity index (χ0v) is 23.4. The van der Waals surface area contributed by atoms with Gasteiger partial charge in [0.25, 0.3) is 0 Å². The lowest BCUT2D eigenvalue weighted by molar-refractivity contribution is -0.306. The van der Waals surface area contributed by atoms with Crippen molar-refractivity contribution in [2.24, 2.45) is 16.2 Å². The summed E-state index contributed by atoms with van der Waals surface area (Å²) >= 11 is 0. The van der Waals surface area contributed by atoms with Gasteiger partial charge in [0.15, 0.2) is 24.7 Å². The van der Waals surface area contributed by atoms with E-state index in [0.29, 0.717) is 0 Å². The second-order valence-corrected chi connectivity index (χ2v) is 13.0. The van der Waals surface area contributed by atoms with Crippen LogP contribution in [0.15, 0.2) is 0 Å². The minimum absolute atomic E-state index is 0.201. The Morgan fingerprint density at radius 2 is 1.22 bits per heavy atom. The first kappa shape index (κ1) is 30.5. The molecule has 0 spiro atoms. The molecule has 0 amide bonds. The summed E-state index contributed by atoms with van der Waals surface area (Å²) in [5.41, 5.74) is -2.62. The maximum atomic E-state index is 15.9. The summed E-state index contributed by atoms with van der Waals surface area (Å²) in [7, 11) is 0. The quantitative estimate of drug-likeness (QED) is 0.363. The molecule has 8 nitrogen and oxygen atoms in total. The van der Waals surface area contributed by atoms with Gasteiger partial charge in [0.2, 0.25) is 0 Å². The highest BCUT2D eigenvalue weighted by Gasteiger charge is 2.53. The Balaban J connectivity index is 2.39. The van der Waals surface area contributed by atoms with E-state index in [9.17, 15) is 14.4 Å². The molecule has 0 bridgehead atoms. The topological polar surface area (TPSA) is 97.4 Å². The van der Waals surface area contributed by atoms with Gasteiger partial charge < -0.3 is 23.7 Å². The molecule has 2 fully saturated rings. The van der Waals surface area contributed by atoms with Gasteiger partial charge in [-0.2, -0.15) is 0 Å². The summed E-state index contributed by atoms with van der Waals surface area (Å²) in [6.45, 7) is 14.7. The molecule has 0 aromatic carbocycles. The van der Waals surface area contributed by atoms with Crippen LogP contribution in [0.5, 0.6) is 0 Å². The average Bonchev–Trinajstić information content (AvgIpc) is 2.75. The van der Waals surface area contributed by atoms with Crippen LogP contribution in [0.25, 0.3) is 0 Å². The van der Waals surface area contributed by atoms with Crippen molar-refractivity contribution in [1.29, 1.82) is 0 Å². The summed E-state index contributed by atoms with van der Waals surface area (Å²) in [6.07, 6.45) is -2.85. The number of halogens is 1. The number of carbonyl (C=O) groups is 3. The molecule has 0 aromatic rings. The third kappa shape index (κ3) is 8.40. The number of esters is 3. The number of rotatable bonds is 6. The van der Waals surface area contributed by atoms with Crippen molar-refractivity contribution in [3.05, 3.63) is 0 Å². The van der Waals surface area contributed by atoms with Gasteiger partial charge in [-0.15, -0.1) is 0 Å². The van der Waals surface area contributed by atoms with Gasteiger partial charge in [-0.25, -0.2) is 4.39 Å². The van der Waals surface area contributed by atoms with Crippen LogP contribution in [-0.2, 0) is 38.1 Å². The molecule has 208 valence electrons. The molecule has 1 heterocycles. The van der Waals surface area contributed by atoms with Crippen molar-refractivity contribution >= 4 is 17.9 Å². The first-order chi connectivity index (χ1) is 16.4. The SMILES string of the molecule is CC(C)(C)C(=O)OC[C@H]1O[C@@H](OC2CCCCC2)[C@H](F)[C@@H](OC(=O)C(C)(C)C)[C@@H]1OC(=O)C(C)(C)C. The lowest BCUT2D eigenvalue weighted by atomic mass is 9.93. The first-order valence-electron chi connectivity index (χ1n) is 13.0. The summed E-state index contributed by atoms with van der Waals surface area (Å²) in [6, 6.07) is 0. The van der Waals surface area contributed by atoms with Crippen molar-refractivity contribution in [2.75, 3.05) is 6.61 Å². The molecule has 0 unspecified atom stereocenters. The van der Waals surface area contributed by atoms with Crippen LogP contribution in [0.4, 0.5) is 4.39 Å². The van der Waals surface area contributed by atoms with Crippen LogP contribution in [-0.4, -0.2) is 61.4 Å². The molecule has 2 rings (SSSR count). The Morgan fingerprint density at radius 1 is 0.750 bits per heavy atom. The molecule has 1 aliphatic carbocycles. The van der Waals surface area contributed by atoms with E-state index >= 15 is 4.39 Å². The number of hydrogen-bond donors (Lipinski definition) is 0. The standard InChI is InChI=1S/C27H45FO8/c1-25(2,3)22(29)32-15-17-19(35-23(30)26(4,5)6)20(36-24(31)27(7,8)9)18(28)21(34-17)33-16-13-11-10-12-14-16/h16-21H,10-15H2,1-9H3/t17-,18-,19-,20-,21-/m1/s1. The monoisotopic (exact) mass is 516 g/mol. The fourth-order valence-corrected chi connectivity index (χ4v) is 3.75. The molecular formula is C27H45FO8. The molecule has 0 N–H and O–H groups in total. The summed E-state index contributed by atoms with van der Waals surface area (Å²) < 4.78 is 44.7. The molecule has 1 saturated carbocycles. The highest BCUT2D eigenvalue weighted by atomic mass is 19.1. The van der Waals surface area contributed by atoms with Crippen LogP contribution in [0.1, 0.15) is 94.4 Å². The lowest BCUT2D eigenvalue weighted by Crippen LogP contribution is -2.62.